The molecule has 16 heavy (non-hydrogen) atoms. The Morgan fingerprint density at radius 2 is 2.38 bits per heavy atom. The molecule has 2 heterocycles. The molecule has 5 nitrogen and oxygen atoms in total. The van der Waals surface area contributed by atoms with E-state index in [-0.39, 0.29) is 5.75 Å². The number of carbonyl (C=O) groups excluding carboxylic acids is 1. The minimum atomic E-state index is -3.39. The van der Waals surface area contributed by atoms with Gasteiger partial charge in [-0.25, -0.2) is 13.2 Å². The van der Waals surface area contributed by atoms with Gasteiger partial charge in [-0.05, 0) is 17.0 Å². The first kappa shape index (κ1) is 11.2. The van der Waals surface area contributed by atoms with Crippen LogP contribution in [0.15, 0.2) is 17.5 Å². The zero-order valence-corrected chi connectivity index (χ0v) is 10.0. The van der Waals surface area contributed by atoms with Crippen LogP contribution in [0.4, 0.5) is 5.69 Å². The van der Waals surface area contributed by atoms with Crippen molar-refractivity contribution in [1.29, 1.82) is 0 Å². The summed E-state index contributed by atoms with van der Waals surface area (Å²) in [5.74, 6) is -0.748. The monoisotopic (exact) mass is 259 g/mol. The number of ether oxygens (including phenoxy) is 1. The maximum Gasteiger partial charge on any atom is 0.330 e. The van der Waals surface area contributed by atoms with E-state index in [1.165, 1.54) is 24.5 Å². The minimum absolute atomic E-state index is 0.199. The number of nitrogens with one attached hydrogen (secondary N) is 1. The van der Waals surface area contributed by atoms with E-state index in [0.29, 0.717) is 11.3 Å². The molecule has 1 aliphatic rings. The molecule has 1 N–H and O–H groups in total. The predicted octanol–water partition coefficient (Wildman–Crippen LogP) is 1.06. The Bertz CT molecular complexity index is 556. The van der Waals surface area contributed by atoms with Gasteiger partial charge in [0, 0.05) is 6.08 Å². The van der Waals surface area contributed by atoms with Crippen LogP contribution in [0.3, 0.4) is 0 Å². The van der Waals surface area contributed by atoms with Crippen molar-refractivity contribution >= 4 is 38.6 Å². The number of hydrogen-bond donors (Lipinski definition) is 1. The highest BCUT2D eigenvalue weighted by Crippen LogP contribution is 2.35. The second kappa shape index (κ2) is 3.91. The second-order valence-corrected chi connectivity index (χ2v) is 5.86. The summed E-state index contributed by atoms with van der Waals surface area (Å²) in [6.07, 6.45) is 1.22. The number of thiophene rings is 1. The lowest BCUT2D eigenvalue weighted by Crippen LogP contribution is -2.22. The first-order valence-corrected chi connectivity index (χ1v) is 6.92. The molecule has 0 saturated heterocycles. The van der Waals surface area contributed by atoms with Crippen LogP contribution >= 0.6 is 11.3 Å². The van der Waals surface area contributed by atoms with Crippen molar-refractivity contribution in [2.75, 3.05) is 17.6 Å². The largest absolute Gasteiger partial charge is 0.466 e. The number of esters is 1. The molecule has 7 heteroatoms. The summed E-state index contributed by atoms with van der Waals surface area (Å²) in [7, 11) is -2.13. The topological polar surface area (TPSA) is 72.5 Å². The molecule has 0 spiro atoms. The van der Waals surface area contributed by atoms with Gasteiger partial charge in [-0.2, -0.15) is 0 Å². The maximum atomic E-state index is 11.5. The number of hydrogen-bond acceptors (Lipinski definition) is 5. The van der Waals surface area contributed by atoms with E-state index in [9.17, 15) is 13.2 Å². The number of sulfonamides is 1. The van der Waals surface area contributed by atoms with Crippen LogP contribution in [0.5, 0.6) is 0 Å². The van der Waals surface area contributed by atoms with Gasteiger partial charge in [0.15, 0.2) is 0 Å². The third-order valence-electron chi connectivity index (χ3n) is 2.06. The summed E-state index contributed by atoms with van der Waals surface area (Å²) in [5, 5.41) is 1.77. The first-order chi connectivity index (χ1) is 7.52. The quantitative estimate of drug-likeness (QED) is 0.604. The second-order valence-electron chi connectivity index (χ2n) is 3.22. The summed E-state index contributed by atoms with van der Waals surface area (Å²) in [5.41, 5.74) is 0.988. The van der Waals surface area contributed by atoms with Crippen molar-refractivity contribution in [3.8, 4) is 0 Å². The van der Waals surface area contributed by atoms with Crippen LogP contribution in [0.1, 0.15) is 4.88 Å². The number of rotatable bonds is 1. The lowest BCUT2D eigenvalue weighted by molar-refractivity contribution is -0.134. The summed E-state index contributed by atoms with van der Waals surface area (Å²) < 4.78 is 29.9. The zero-order chi connectivity index (χ0) is 11.8. The molecule has 1 aromatic rings. The Kier molecular flexibility index (Phi) is 2.73. The summed E-state index contributed by atoms with van der Waals surface area (Å²) in [4.78, 5) is 11.9. The number of methoxy groups -OCH3 is 1. The molecule has 1 aliphatic heterocycles. The Hall–Kier alpha value is -1.34. The van der Waals surface area contributed by atoms with Gasteiger partial charge in [0.2, 0.25) is 10.0 Å². The molecule has 0 amide bonds. The van der Waals surface area contributed by atoms with Crippen LogP contribution in [-0.4, -0.2) is 27.2 Å². The molecule has 86 valence electrons. The van der Waals surface area contributed by atoms with Gasteiger partial charge < -0.3 is 4.74 Å². The fourth-order valence-corrected chi connectivity index (χ4v) is 3.66. The fraction of sp³-hybridized carbons (Fsp3) is 0.222. The molecule has 0 radical (unpaired) electrons. The van der Waals surface area contributed by atoms with E-state index < -0.39 is 16.0 Å². The standard InChI is InChI=1S/C9H9NO4S2/c1-14-8(11)4-6-5-16(12,13)10-7-2-3-15-9(6)7/h2-4,10H,5H2,1H3/b6-4+. The molecule has 0 unspecified atom stereocenters. The van der Waals surface area contributed by atoms with Gasteiger partial charge in [0.1, 0.15) is 0 Å². The zero-order valence-electron chi connectivity index (χ0n) is 8.39. The van der Waals surface area contributed by atoms with Gasteiger partial charge in [-0.15, -0.1) is 11.3 Å². The Balaban J connectivity index is 2.49. The van der Waals surface area contributed by atoms with Crippen LogP contribution in [0.2, 0.25) is 0 Å². The van der Waals surface area contributed by atoms with Gasteiger partial charge >= 0.3 is 5.97 Å². The average Bonchev–Trinajstić information content (AvgIpc) is 2.63. The Labute approximate surface area is 96.8 Å². The molecule has 0 saturated carbocycles. The minimum Gasteiger partial charge on any atom is -0.466 e. The SMILES string of the molecule is COC(=O)/C=C1\CS(=O)(=O)Nc2ccsc21. The highest BCUT2D eigenvalue weighted by molar-refractivity contribution is 7.93. The summed E-state index contributed by atoms with van der Waals surface area (Å²) >= 11 is 1.38. The lowest BCUT2D eigenvalue weighted by Gasteiger charge is -2.16. The molecular weight excluding hydrogens is 250 g/mol. The van der Waals surface area contributed by atoms with Crippen molar-refractivity contribution in [3.63, 3.8) is 0 Å². The molecule has 2 rings (SSSR count). The van der Waals surface area contributed by atoms with E-state index in [1.807, 2.05) is 0 Å². The van der Waals surface area contributed by atoms with E-state index in [0.717, 1.165) is 4.88 Å². The van der Waals surface area contributed by atoms with Gasteiger partial charge in [-0.3, -0.25) is 4.72 Å². The molecular formula is C9H9NO4S2. The van der Waals surface area contributed by atoms with Gasteiger partial charge in [0.05, 0.1) is 23.4 Å². The molecule has 0 fully saturated rings. The molecule has 0 aliphatic carbocycles. The van der Waals surface area contributed by atoms with Crippen molar-refractivity contribution in [3.05, 3.63) is 22.4 Å². The third kappa shape index (κ3) is 2.10. The normalized spacial score (nSPS) is 19.9. The molecule has 0 aromatic carbocycles. The van der Waals surface area contributed by atoms with Crippen molar-refractivity contribution < 1.29 is 17.9 Å². The van der Waals surface area contributed by atoms with E-state index in [2.05, 4.69) is 9.46 Å². The predicted molar refractivity (Wildman–Crippen MR) is 61.7 cm³/mol. The summed E-state index contributed by atoms with van der Waals surface area (Å²) in [6.45, 7) is 0. The van der Waals surface area contributed by atoms with Crippen LogP contribution in [-0.2, 0) is 19.6 Å². The molecule has 0 bridgehead atoms. The molecule has 0 atom stereocenters. The van der Waals surface area contributed by atoms with E-state index in [4.69, 9.17) is 0 Å². The smallest absolute Gasteiger partial charge is 0.330 e. The van der Waals surface area contributed by atoms with Crippen LogP contribution in [0, 0.1) is 0 Å². The highest BCUT2D eigenvalue weighted by Gasteiger charge is 2.26. The highest BCUT2D eigenvalue weighted by atomic mass is 32.2. The Morgan fingerprint density at radius 3 is 3.06 bits per heavy atom. The lowest BCUT2D eigenvalue weighted by atomic mass is 10.2. The maximum absolute atomic E-state index is 11.5. The molecule has 1 aromatic heterocycles. The fourth-order valence-electron chi connectivity index (χ4n) is 1.42. The van der Waals surface area contributed by atoms with Crippen molar-refractivity contribution in [2.24, 2.45) is 0 Å². The van der Waals surface area contributed by atoms with Crippen molar-refractivity contribution in [2.45, 2.75) is 0 Å². The van der Waals surface area contributed by atoms with Crippen LogP contribution in [0.25, 0.3) is 5.57 Å². The van der Waals surface area contributed by atoms with Crippen molar-refractivity contribution in [1.82, 2.24) is 0 Å². The van der Waals surface area contributed by atoms with Crippen LogP contribution < -0.4 is 4.72 Å². The number of anilines is 1. The summed E-state index contributed by atoms with van der Waals surface area (Å²) in [6, 6.07) is 1.67. The van der Waals surface area contributed by atoms with E-state index in [1.54, 1.807) is 11.4 Å². The Morgan fingerprint density at radius 1 is 1.62 bits per heavy atom. The van der Waals surface area contributed by atoms with Gasteiger partial charge in [-0.1, -0.05) is 0 Å². The first-order valence-electron chi connectivity index (χ1n) is 4.39. The number of fused-ring (bicyclic) bond motifs is 1. The van der Waals surface area contributed by atoms with Gasteiger partial charge in [0.25, 0.3) is 0 Å². The number of carbonyl (C=O) groups is 1. The van der Waals surface area contributed by atoms with E-state index >= 15 is 0 Å². The third-order valence-corrected chi connectivity index (χ3v) is 4.27. The average molecular weight is 259 g/mol.